The Kier molecular flexibility index (Phi) is 26.4. The minimum atomic E-state index is -0.470. The molecule has 0 bridgehead atoms. The Hall–Kier alpha value is -0.550. The molecular weight excluding hydrogens is 467 g/mol. The van der Waals surface area contributed by atoms with E-state index in [1.54, 1.807) is 42.3 Å². The third kappa shape index (κ3) is 37.6. The van der Waals surface area contributed by atoms with Crippen molar-refractivity contribution in [3.63, 3.8) is 0 Å². The van der Waals surface area contributed by atoms with E-state index < -0.39 is 18.3 Å². The molecule has 134 valence electrons. The maximum atomic E-state index is 10.1. The Bertz CT molecular complexity index is 323. The van der Waals surface area contributed by atoms with Crippen molar-refractivity contribution in [2.75, 3.05) is 0 Å². The molecule has 1 rings (SSSR count). The Labute approximate surface area is 163 Å². The van der Waals surface area contributed by atoms with E-state index in [4.69, 9.17) is 0 Å². The fourth-order valence-corrected chi connectivity index (χ4v) is 1.92. The van der Waals surface area contributed by atoms with Crippen molar-refractivity contribution in [2.24, 2.45) is 0 Å². The summed E-state index contributed by atoms with van der Waals surface area (Å²) in [6.07, 6.45) is 13.0. The van der Waals surface area contributed by atoms with Crippen LogP contribution in [-0.4, -0.2) is 18.3 Å². The molecule has 0 amide bonds. The van der Waals surface area contributed by atoms with Crippen LogP contribution in [0.5, 0.6) is 0 Å². The summed E-state index contributed by atoms with van der Waals surface area (Å²) in [5.74, 6) is 0. The molecule has 3 nitrogen and oxygen atoms in total. The predicted molar refractivity (Wildman–Crippen MR) is 94.7 cm³/mol. The average Bonchev–Trinajstić information content (AvgIpc) is 2.91. The van der Waals surface area contributed by atoms with Crippen LogP contribution in [0.15, 0.2) is 59.5 Å². The molecule has 4 heteroatoms. The van der Waals surface area contributed by atoms with Crippen LogP contribution in [0.3, 0.4) is 0 Å². The molecule has 1 aliphatic carbocycles. The van der Waals surface area contributed by atoms with Crippen LogP contribution in [0.25, 0.3) is 0 Å². The summed E-state index contributed by atoms with van der Waals surface area (Å²) < 4.78 is 1.61. The van der Waals surface area contributed by atoms with Gasteiger partial charge in [-0.3, -0.25) is 0 Å². The molecular formula is C20H32HfO3. The summed E-state index contributed by atoms with van der Waals surface area (Å²) in [6.45, 7) is 15.1. The topological polar surface area (TPSA) is 69.2 Å². The zero-order valence-electron chi connectivity index (χ0n) is 15.4. The van der Waals surface area contributed by atoms with Gasteiger partial charge in [-0.05, 0) is 19.3 Å². The second kappa shape index (κ2) is 22.5. The number of allylic oxidation sites excluding steroid dienone is 4. The second-order valence-corrected chi connectivity index (χ2v) is 7.64. The molecule has 3 unspecified atom stereocenters. The van der Waals surface area contributed by atoms with Gasteiger partial charge in [0.25, 0.3) is 0 Å². The fraction of sp³-hybridized carbons (Fsp3) is 0.500. The predicted octanol–water partition coefficient (Wildman–Crippen LogP) is 2.31. The Morgan fingerprint density at radius 2 is 1.25 bits per heavy atom. The third-order valence-electron chi connectivity index (χ3n) is 2.27. The van der Waals surface area contributed by atoms with Crippen molar-refractivity contribution < 1.29 is 39.7 Å². The normalized spacial score (nSPS) is 14.9. The summed E-state index contributed by atoms with van der Waals surface area (Å²) in [5, 5.41) is 30.2. The van der Waals surface area contributed by atoms with Crippen LogP contribution in [0.1, 0.15) is 46.5 Å². The number of hydrogen-bond acceptors (Lipinski definition) is 3. The van der Waals surface area contributed by atoms with Crippen LogP contribution in [0.4, 0.5) is 0 Å². The maximum absolute atomic E-state index is 10.1. The molecule has 0 N–H and O–H groups in total. The zero-order chi connectivity index (χ0) is 19.4. The van der Waals surface area contributed by atoms with E-state index >= 15 is 0 Å². The van der Waals surface area contributed by atoms with Crippen molar-refractivity contribution in [2.45, 2.75) is 64.8 Å². The molecule has 0 heterocycles. The molecule has 0 aromatic rings. The third-order valence-corrected chi connectivity index (χ3v) is 3.60. The van der Waals surface area contributed by atoms with E-state index in [1.807, 2.05) is 0 Å². The van der Waals surface area contributed by atoms with Gasteiger partial charge in [0.15, 0.2) is 0 Å². The number of hydrogen-bond donors (Lipinski definition) is 0. The van der Waals surface area contributed by atoms with Gasteiger partial charge in [0, 0.05) is 0 Å². The van der Waals surface area contributed by atoms with Crippen molar-refractivity contribution in [3.8, 4) is 0 Å². The Balaban J connectivity index is -0.000000245. The van der Waals surface area contributed by atoms with Gasteiger partial charge in [-0.1, -0.05) is 39.0 Å². The summed E-state index contributed by atoms with van der Waals surface area (Å²) >= 11 is 1.25. The van der Waals surface area contributed by atoms with Crippen molar-refractivity contribution >= 4 is 0 Å². The van der Waals surface area contributed by atoms with Crippen LogP contribution in [-0.2, 0) is 24.4 Å². The summed E-state index contributed by atoms with van der Waals surface area (Å²) in [5.41, 5.74) is 0. The van der Waals surface area contributed by atoms with Crippen LogP contribution in [0, 0.1) is 0 Å². The van der Waals surface area contributed by atoms with Crippen LogP contribution >= 0.6 is 0 Å². The first-order valence-corrected chi connectivity index (χ1v) is 9.88. The monoisotopic (exact) mass is 500 g/mol. The molecule has 0 spiro atoms. The van der Waals surface area contributed by atoms with Gasteiger partial charge in [0.05, 0.1) is 0 Å². The van der Waals surface area contributed by atoms with E-state index in [1.165, 1.54) is 30.8 Å². The second-order valence-electron chi connectivity index (χ2n) is 5.33. The molecule has 0 radical (unpaired) electrons. The molecule has 0 aromatic carbocycles. The Morgan fingerprint density at radius 3 is 1.29 bits per heavy atom. The molecule has 0 fully saturated rings. The molecule has 24 heavy (non-hydrogen) atoms. The molecule has 0 saturated carbocycles. The van der Waals surface area contributed by atoms with E-state index in [2.05, 4.69) is 38.0 Å². The summed E-state index contributed by atoms with van der Waals surface area (Å²) in [4.78, 5) is 0. The van der Waals surface area contributed by atoms with Gasteiger partial charge in [0.2, 0.25) is 0 Å². The van der Waals surface area contributed by atoms with Crippen molar-refractivity contribution in [3.05, 3.63) is 59.5 Å². The number of rotatable bonds is 6. The first-order valence-electron chi connectivity index (χ1n) is 8.08. The molecule has 0 aliphatic heterocycles. The first-order chi connectivity index (χ1) is 11.2. The van der Waals surface area contributed by atoms with Crippen molar-refractivity contribution in [1.29, 1.82) is 0 Å². The van der Waals surface area contributed by atoms with Crippen LogP contribution in [0.2, 0.25) is 0 Å². The molecule has 1 aliphatic rings. The van der Waals surface area contributed by atoms with Gasteiger partial charge in [0.1, 0.15) is 0 Å². The molecule has 0 aromatic heterocycles. The average molecular weight is 499 g/mol. The van der Waals surface area contributed by atoms with Gasteiger partial charge in [-0.2, -0.15) is 0 Å². The van der Waals surface area contributed by atoms with E-state index in [0.717, 1.165) is 0 Å². The SMILES string of the molecule is C=CCC(C)[O-].C=CCC(C)[O-].C=CCC(C)[O-].[Hf+3][C]1=CC=CC1. The standard InChI is InChI=1S/3C5H9O.C5H5.Hf/c3*1-3-4-5(2)6;1-2-4-5-3-1;/h3*3,5H,1,4H2,2H3;1-3H,4H2;/q3*-1;;+3. The first kappa shape index (κ1) is 28.3. The van der Waals surface area contributed by atoms with Gasteiger partial charge in [-0.15, -0.1) is 38.0 Å². The Morgan fingerprint density at radius 1 is 0.917 bits per heavy atom. The quantitative estimate of drug-likeness (QED) is 0.417. The van der Waals surface area contributed by atoms with Gasteiger partial charge >= 0.3 is 52.4 Å². The van der Waals surface area contributed by atoms with E-state index in [9.17, 15) is 15.3 Å². The van der Waals surface area contributed by atoms with Crippen molar-refractivity contribution in [1.82, 2.24) is 0 Å². The molecule has 0 saturated heterocycles. The van der Waals surface area contributed by atoms with E-state index in [0.29, 0.717) is 19.3 Å². The molecule has 3 atom stereocenters. The van der Waals surface area contributed by atoms with Crippen LogP contribution < -0.4 is 15.3 Å². The zero-order valence-corrected chi connectivity index (χ0v) is 19.0. The summed E-state index contributed by atoms with van der Waals surface area (Å²) in [7, 11) is 0. The van der Waals surface area contributed by atoms with Gasteiger partial charge < -0.3 is 15.3 Å². The van der Waals surface area contributed by atoms with E-state index in [-0.39, 0.29) is 0 Å². The fourth-order valence-electron chi connectivity index (χ4n) is 1.15. The minimum absolute atomic E-state index is 0.470. The summed E-state index contributed by atoms with van der Waals surface area (Å²) in [6, 6.07) is 0. The van der Waals surface area contributed by atoms with Gasteiger partial charge in [-0.25, -0.2) is 0 Å².